The highest BCUT2D eigenvalue weighted by molar-refractivity contribution is 7.94. The zero-order chi connectivity index (χ0) is 15.6. The van der Waals surface area contributed by atoms with Gasteiger partial charge in [-0.2, -0.15) is 0 Å². The minimum absolute atomic E-state index is 0.327. The first kappa shape index (κ1) is 14.8. The second-order valence-electron chi connectivity index (χ2n) is 4.88. The van der Waals surface area contributed by atoms with E-state index in [4.69, 9.17) is 0 Å². The molecule has 0 saturated carbocycles. The highest BCUT2D eigenvalue weighted by Gasteiger charge is 2.18. The quantitative estimate of drug-likeness (QED) is 0.764. The summed E-state index contributed by atoms with van der Waals surface area (Å²) in [5.74, 6) is 0. The van der Waals surface area contributed by atoms with Gasteiger partial charge in [-0.05, 0) is 30.7 Å². The third-order valence-corrected chi connectivity index (χ3v) is 6.09. The number of thiophene rings is 1. The Morgan fingerprint density at radius 3 is 2.23 bits per heavy atom. The molecule has 112 valence electrons. The van der Waals surface area contributed by atoms with E-state index in [0.717, 1.165) is 16.0 Å². The number of sulfonamides is 1. The van der Waals surface area contributed by atoms with Gasteiger partial charge >= 0.3 is 0 Å². The van der Waals surface area contributed by atoms with Crippen LogP contribution in [0.3, 0.4) is 0 Å². The molecule has 5 heteroatoms. The molecule has 1 aromatic heterocycles. The Morgan fingerprint density at radius 2 is 1.55 bits per heavy atom. The van der Waals surface area contributed by atoms with E-state index in [9.17, 15) is 8.42 Å². The predicted octanol–water partition coefficient (Wildman–Crippen LogP) is 4.52. The van der Waals surface area contributed by atoms with E-state index in [-0.39, 0.29) is 0 Å². The molecular weight excluding hydrogens is 314 g/mol. The second kappa shape index (κ2) is 5.94. The largest absolute Gasteiger partial charge is 0.278 e. The summed E-state index contributed by atoms with van der Waals surface area (Å²) < 4.78 is 28.0. The zero-order valence-electron chi connectivity index (χ0n) is 12.0. The van der Waals surface area contributed by atoms with E-state index < -0.39 is 10.0 Å². The lowest BCUT2D eigenvalue weighted by Crippen LogP contribution is -2.12. The Morgan fingerprint density at radius 1 is 0.864 bits per heavy atom. The van der Waals surface area contributed by atoms with E-state index in [1.807, 2.05) is 61.5 Å². The maximum atomic E-state index is 12.5. The van der Waals surface area contributed by atoms with E-state index in [1.54, 1.807) is 12.1 Å². The van der Waals surface area contributed by atoms with Gasteiger partial charge in [-0.25, -0.2) is 8.42 Å². The van der Waals surface area contributed by atoms with Crippen molar-refractivity contribution >= 4 is 27.0 Å². The molecule has 0 aliphatic heterocycles. The molecule has 0 aliphatic carbocycles. The maximum absolute atomic E-state index is 12.5. The van der Waals surface area contributed by atoms with Gasteiger partial charge in [0, 0.05) is 10.4 Å². The predicted molar refractivity (Wildman–Crippen MR) is 91.7 cm³/mol. The Labute approximate surface area is 134 Å². The number of hydrogen-bond donors (Lipinski definition) is 1. The third kappa shape index (κ3) is 3.05. The first-order valence-electron chi connectivity index (χ1n) is 6.80. The van der Waals surface area contributed by atoms with Crippen molar-refractivity contribution in [2.24, 2.45) is 0 Å². The zero-order valence-corrected chi connectivity index (χ0v) is 13.6. The molecule has 22 heavy (non-hydrogen) atoms. The first-order chi connectivity index (χ1) is 10.6. The lowest BCUT2D eigenvalue weighted by molar-refractivity contribution is 0.603. The molecule has 0 aliphatic rings. The first-order valence-corrected chi connectivity index (χ1v) is 9.10. The van der Waals surface area contributed by atoms with Crippen molar-refractivity contribution in [3.05, 3.63) is 71.6 Å². The van der Waals surface area contributed by atoms with Gasteiger partial charge < -0.3 is 0 Å². The van der Waals surface area contributed by atoms with E-state index >= 15 is 0 Å². The van der Waals surface area contributed by atoms with Crippen molar-refractivity contribution < 1.29 is 8.42 Å². The fourth-order valence-corrected chi connectivity index (χ4v) is 4.56. The average Bonchev–Trinajstić information content (AvgIpc) is 2.96. The van der Waals surface area contributed by atoms with Crippen LogP contribution in [0.5, 0.6) is 0 Å². The van der Waals surface area contributed by atoms with Crippen LogP contribution in [0, 0.1) is 6.92 Å². The molecule has 3 aromatic rings. The van der Waals surface area contributed by atoms with Crippen molar-refractivity contribution in [2.75, 3.05) is 4.72 Å². The molecule has 3 nitrogen and oxygen atoms in total. The monoisotopic (exact) mass is 329 g/mol. The molecule has 0 radical (unpaired) electrons. The number of benzene rings is 2. The molecule has 1 N–H and O–H groups in total. The summed E-state index contributed by atoms with van der Waals surface area (Å²) >= 11 is 1.27. The van der Waals surface area contributed by atoms with Crippen molar-refractivity contribution in [1.82, 2.24) is 0 Å². The van der Waals surface area contributed by atoms with Crippen molar-refractivity contribution in [3.63, 3.8) is 0 Å². The summed E-state index contributed by atoms with van der Waals surface area (Å²) in [5.41, 5.74) is 2.42. The van der Waals surface area contributed by atoms with Crippen LogP contribution in [0.25, 0.3) is 11.1 Å². The van der Waals surface area contributed by atoms with Gasteiger partial charge in [-0.15, -0.1) is 11.3 Å². The summed E-state index contributed by atoms with van der Waals surface area (Å²) in [7, 11) is -3.55. The molecule has 0 bridgehead atoms. The molecule has 2 aromatic carbocycles. The van der Waals surface area contributed by atoms with Crippen LogP contribution < -0.4 is 4.72 Å². The highest BCUT2D eigenvalue weighted by atomic mass is 32.2. The summed E-state index contributed by atoms with van der Waals surface area (Å²) in [6, 6.07) is 20.6. The molecule has 0 saturated heterocycles. The molecule has 1 heterocycles. The number of rotatable bonds is 4. The molecule has 3 rings (SSSR count). The number of anilines is 1. The van der Waals surface area contributed by atoms with E-state index in [0.29, 0.717) is 9.90 Å². The van der Waals surface area contributed by atoms with Gasteiger partial charge in [0.25, 0.3) is 10.0 Å². The molecule has 0 amide bonds. The fraction of sp³-hybridized carbons (Fsp3) is 0.0588. The smallest absolute Gasteiger partial charge is 0.271 e. The van der Waals surface area contributed by atoms with Crippen LogP contribution in [0.4, 0.5) is 5.69 Å². The third-order valence-electron chi connectivity index (χ3n) is 3.24. The van der Waals surface area contributed by atoms with Crippen LogP contribution in [0.15, 0.2) is 70.9 Å². The van der Waals surface area contributed by atoms with Crippen LogP contribution in [-0.4, -0.2) is 8.42 Å². The van der Waals surface area contributed by atoms with Crippen molar-refractivity contribution in [1.29, 1.82) is 0 Å². The van der Waals surface area contributed by atoms with Crippen molar-refractivity contribution in [3.8, 4) is 11.1 Å². The van der Waals surface area contributed by atoms with Gasteiger partial charge in [0.1, 0.15) is 4.21 Å². The number of hydrogen-bond acceptors (Lipinski definition) is 3. The van der Waals surface area contributed by atoms with Crippen LogP contribution in [0.1, 0.15) is 4.88 Å². The standard InChI is InChI=1S/C17H15NO2S2/c1-13-11-12-17(21-13)22(19,20)18-16-10-6-5-9-15(16)14-7-3-2-4-8-14/h2-12,18H,1H3. The van der Waals surface area contributed by atoms with Crippen LogP contribution >= 0.6 is 11.3 Å². The minimum atomic E-state index is -3.55. The molecule has 0 atom stereocenters. The lowest BCUT2D eigenvalue weighted by Gasteiger charge is -2.12. The Hall–Kier alpha value is -2.11. The Balaban J connectivity index is 2.00. The Kier molecular flexibility index (Phi) is 4.00. The lowest BCUT2D eigenvalue weighted by atomic mass is 10.0. The molecule has 0 spiro atoms. The fourth-order valence-electron chi connectivity index (χ4n) is 2.19. The molecule has 0 unspecified atom stereocenters. The van der Waals surface area contributed by atoms with Gasteiger partial charge in [-0.3, -0.25) is 4.72 Å². The number of aryl methyl sites for hydroxylation is 1. The maximum Gasteiger partial charge on any atom is 0.271 e. The molecular formula is C17H15NO2S2. The molecule has 0 fully saturated rings. The van der Waals surface area contributed by atoms with Gasteiger partial charge in [0.2, 0.25) is 0 Å². The normalized spacial score (nSPS) is 11.3. The van der Waals surface area contributed by atoms with Crippen LogP contribution in [0.2, 0.25) is 0 Å². The topological polar surface area (TPSA) is 46.2 Å². The summed E-state index contributed by atoms with van der Waals surface area (Å²) in [6.45, 7) is 1.89. The van der Waals surface area contributed by atoms with E-state index in [2.05, 4.69) is 4.72 Å². The number of nitrogens with one attached hydrogen (secondary N) is 1. The summed E-state index contributed by atoms with van der Waals surface area (Å²) in [4.78, 5) is 0.969. The van der Waals surface area contributed by atoms with Gasteiger partial charge in [-0.1, -0.05) is 48.5 Å². The highest BCUT2D eigenvalue weighted by Crippen LogP contribution is 2.30. The second-order valence-corrected chi connectivity index (χ2v) is 8.08. The van der Waals surface area contributed by atoms with Gasteiger partial charge in [0.05, 0.1) is 5.69 Å². The summed E-state index contributed by atoms with van der Waals surface area (Å²) in [6.07, 6.45) is 0. The minimum Gasteiger partial charge on any atom is -0.278 e. The summed E-state index contributed by atoms with van der Waals surface area (Å²) in [5, 5.41) is 0. The Bertz CT molecular complexity index is 884. The van der Waals surface area contributed by atoms with Gasteiger partial charge in [0.15, 0.2) is 0 Å². The SMILES string of the molecule is Cc1ccc(S(=O)(=O)Nc2ccccc2-c2ccccc2)s1. The van der Waals surface area contributed by atoms with Crippen molar-refractivity contribution in [2.45, 2.75) is 11.1 Å². The number of para-hydroxylation sites is 1. The van der Waals surface area contributed by atoms with Crippen LogP contribution in [-0.2, 0) is 10.0 Å². The van der Waals surface area contributed by atoms with E-state index in [1.165, 1.54) is 11.3 Å². The average molecular weight is 329 g/mol.